The van der Waals surface area contributed by atoms with Crippen LogP contribution in [-0.2, 0) is 13.0 Å². The molecular formula is C28H32ClN7O. The van der Waals surface area contributed by atoms with Crippen molar-refractivity contribution in [3.05, 3.63) is 64.7 Å². The molecule has 2 fully saturated rings. The number of hydrogen-bond donors (Lipinski definition) is 1. The van der Waals surface area contributed by atoms with Gasteiger partial charge in [0.05, 0.1) is 17.3 Å². The average Bonchev–Trinajstić information content (AvgIpc) is 3.51. The van der Waals surface area contributed by atoms with Crippen molar-refractivity contribution in [1.82, 2.24) is 34.7 Å². The number of hydrogen-bond acceptors (Lipinski definition) is 7. The van der Waals surface area contributed by atoms with Gasteiger partial charge in [0.25, 0.3) is 0 Å². The maximum atomic E-state index is 6.91. The lowest BCUT2D eigenvalue weighted by Crippen LogP contribution is -2.44. The van der Waals surface area contributed by atoms with Gasteiger partial charge in [0.1, 0.15) is 17.8 Å². The molecule has 4 aromatic rings. The average molecular weight is 518 g/mol. The van der Waals surface area contributed by atoms with Crippen molar-refractivity contribution < 1.29 is 4.74 Å². The summed E-state index contributed by atoms with van der Waals surface area (Å²) >= 11 is 6.91. The van der Waals surface area contributed by atoms with Crippen LogP contribution in [0.2, 0.25) is 5.02 Å². The summed E-state index contributed by atoms with van der Waals surface area (Å²) in [7, 11) is 0. The van der Waals surface area contributed by atoms with Gasteiger partial charge in [-0.25, -0.2) is 9.97 Å². The van der Waals surface area contributed by atoms with Crippen LogP contribution in [0.3, 0.4) is 0 Å². The molecule has 1 aliphatic heterocycles. The Bertz CT molecular complexity index is 1430. The van der Waals surface area contributed by atoms with E-state index in [-0.39, 0.29) is 5.60 Å². The van der Waals surface area contributed by atoms with Gasteiger partial charge in [-0.1, -0.05) is 17.7 Å². The molecule has 192 valence electrons. The number of imidazole rings is 1. The first kappa shape index (κ1) is 24.3. The Morgan fingerprint density at radius 3 is 2.68 bits per heavy atom. The number of halogens is 1. The standard InChI is InChI=1S/C28H32ClN7O/c1-19-5-9-31-21(15-19)17-36-25(34-24-26(36)32-18-33-27(24)37-28(2)7-8-28)22-4-3-20(16-23(22)29)6-12-35-13-10-30-11-14-35/h3-5,9,15-16,18,30H,6-8,10-14,17H2,1-2H3. The van der Waals surface area contributed by atoms with E-state index in [1.54, 1.807) is 6.33 Å². The van der Waals surface area contributed by atoms with Gasteiger partial charge < -0.3 is 19.5 Å². The fraction of sp³-hybridized carbons (Fsp3) is 0.429. The largest absolute Gasteiger partial charge is 0.470 e. The third-order valence-corrected chi connectivity index (χ3v) is 7.60. The highest BCUT2D eigenvalue weighted by molar-refractivity contribution is 6.33. The number of benzene rings is 1. The highest BCUT2D eigenvalue weighted by Crippen LogP contribution is 2.41. The first-order valence-electron chi connectivity index (χ1n) is 13.0. The third kappa shape index (κ3) is 5.32. The summed E-state index contributed by atoms with van der Waals surface area (Å²) in [5, 5.41) is 4.09. The van der Waals surface area contributed by atoms with Crippen molar-refractivity contribution in [3.63, 3.8) is 0 Å². The summed E-state index contributed by atoms with van der Waals surface area (Å²) in [6.45, 7) is 10.0. The van der Waals surface area contributed by atoms with Gasteiger partial charge in [-0.15, -0.1) is 0 Å². The van der Waals surface area contributed by atoms with E-state index in [1.807, 2.05) is 12.3 Å². The molecule has 3 aromatic heterocycles. The lowest BCUT2D eigenvalue weighted by atomic mass is 10.1. The van der Waals surface area contributed by atoms with Gasteiger partial charge in [-0.05, 0) is 68.5 Å². The number of aryl methyl sites for hydroxylation is 1. The summed E-state index contributed by atoms with van der Waals surface area (Å²) in [5.41, 5.74) is 5.36. The normalized spacial score (nSPS) is 17.3. The second kappa shape index (κ2) is 10.0. The van der Waals surface area contributed by atoms with E-state index in [1.165, 1.54) is 5.56 Å². The Labute approximate surface area is 222 Å². The monoisotopic (exact) mass is 517 g/mol. The highest BCUT2D eigenvalue weighted by Gasteiger charge is 2.41. The minimum atomic E-state index is -0.174. The number of aromatic nitrogens is 5. The van der Waals surface area contributed by atoms with Crippen LogP contribution in [0.25, 0.3) is 22.6 Å². The number of rotatable bonds is 8. The maximum absolute atomic E-state index is 6.91. The number of piperazine rings is 1. The Kier molecular flexibility index (Phi) is 6.56. The van der Waals surface area contributed by atoms with Gasteiger partial charge in [-0.3, -0.25) is 4.98 Å². The van der Waals surface area contributed by atoms with Gasteiger partial charge in [0.2, 0.25) is 5.88 Å². The van der Waals surface area contributed by atoms with Crippen LogP contribution in [0.1, 0.15) is 36.6 Å². The summed E-state index contributed by atoms with van der Waals surface area (Å²) in [5.74, 6) is 1.26. The predicted octanol–water partition coefficient (Wildman–Crippen LogP) is 4.28. The molecule has 4 heterocycles. The third-order valence-electron chi connectivity index (χ3n) is 7.29. The zero-order valence-electron chi connectivity index (χ0n) is 21.4. The second-order valence-corrected chi connectivity index (χ2v) is 10.8. The number of nitrogens with one attached hydrogen (secondary N) is 1. The number of nitrogens with zero attached hydrogens (tertiary/aromatic N) is 6. The van der Waals surface area contributed by atoms with Crippen molar-refractivity contribution in [3.8, 4) is 17.3 Å². The Balaban J connectivity index is 1.37. The minimum Gasteiger partial charge on any atom is -0.470 e. The molecule has 1 N–H and O–H groups in total. The molecule has 9 heteroatoms. The summed E-state index contributed by atoms with van der Waals surface area (Å²) in [6.07, 6.45) is 6.38. The fourth-order valence-corrected chi connectivity index (χ4v) is 5.11. The maximum Gasteiger partial charge on any atom is 0.245 e. The van der Waals surface area contributed by atoms with Crippen LogP contribution in [0.5, 0.6) is 5.88 Å². The summed E-state index contributed by atoms with van der Waals surface area (Å²) in [6, 6.07) is 10.4. The van der Waals surface area contributed by atoms with Gasteiger partial charge in [0, 0.05) is 44.5 Å². The van der Waals surface area contributed by atoms with E-state index in [0.717, 1.165) is 74.6 Å². The lowest BCUT2D eigenvalue weighted by Gasteiger charge is -2.27. The molecule has 1 aliphatic carbocycles. The molecule has 0 atom stereocenters. The van der Waals surface area contributed by atoms with Crippen LogP contribution in [0, 0.1) is 6.92 Å². The van der Waals surface area contributed by atoms with E-state index in [2.05, 4.69) is 67.8 Å². The van der Waals surface area contributed by atoms with Crippen molar-refractivity contribution in [2.45, 2.75) is 45.3 Å². The van der Waals surface area contributed by atoms with Gasteiger partial charge in [-0.2, -0.15) is 4.98 Å². The van der Waals surface area contributed by atoms with Crippen molar-refractivity contribution >= 4 is 22.8 Å². The lowest BCUT2D eigenvalue weighted by molar-refractivity contribution is 0.194. The van der Waals surface area contributed by atoms with Crippen LogP contribution in [0.15, 0.2) is 42.9 Å². The second-order valence-electron chi connectivity index (χ2n) is 10.4. The zero-order valence-corrected chi connectivity index (χ0v) is 22.1. The number of pyridine rings is 1. The molecule has 1 aromatic carbocycles. The molecule has 1 saturated carbocycles. The molecule has 8 nitrogen and oxygen atoms in total. The van der Waals surface area contributed by atoms with E-state index >= 15 is 0 Å². The molecular weight excluding hydrogens is 486 g/mol. The minimum absolute atomic E-state index is 0.174. The van der Waals surface area contributed by atoms with Gasteiger partial charge in [0.15, 0.2) is 11.2 Å². The summed E-state index contributed by atoms with van der Waals surface area (Å²) in [4.78, 5) is 21.1. The molecule has 1 saturated heterocycles. The highest BCUT2D eigenvalue weighted by atomic mass is 35.5. The van der Waals surface area contributed by atoms with Crippen LogP contribution < -0.4 is 10.1 Å². The number of ether oxygens (including phenoxy) is 1. The molecule has 2 aliphatic rings. The molecule has 0 bridgehead atoms. The van der Waals surface area contributed by atoms with Crippen LogP contribution in [0.4, 0.5) is 0 Å². The van der Waals surface area contributed by atoms with Crippen molar-refractivity contribution in [1.29, 1.82) is 0 Å². The Morgan fingerprint density at radius 2 is 1.92 bits per heavy atom. The van der Waals surface area contributed by atoms with Crippen molar-refractivity contribution in [2.75, 3.05) is 32.7 Å². The zero-order chi connectivity index (χ0) is 25.4. The van der Waals surface area contributed by atoms with E-state index in [9.17, 15) is 0 Å². The van der Waals surface area contributed by atoms with Gasteiger partial charge >= 0.3 is 0 Å². The smallest absolute Gasteiger partial charge is 0.245 e. The SMILES string of the molecule is Cc1ccnc(Cn2c(-c3ccc(CCN4CCNCC4)cc3Cl)nc3c(OC4(C)CC4)ncnc32)c1. The Morgan fingerprint density at radius 1 is 1.08 bits per heavy atom. The van der Waals surface area contributed by atoms with E-state index in [4.69, 9.17) is 21.3 Å². The summed E-state index contributed by atoms with van der Waals surface area (Å²) < 4.78 is 8.33. The molecule has 0 amide bonds. The molecule has 6 rings (SSSR count). The van der Waals surface area contributed by atoms with Crippen molar-refractivity contribution in [2.24, 2.45) is 0 Å². The fourth-order valence-electron chi connectivity index (χ4n) is 4.82. The quantitative estimate of drug-likeness (QED) is 0.373. The Hall–Kier alpha value is -3.07. The molecule has 0 unspecified atom stereocenters. The van der Waals surface area contributed by atoms with Crippen LogP contribution in [-0.4, -0.2) is 67.7 Å². The molecule has 0 radical (unpaired) electrons. The van der Waals surface area contributed by atoms with Crippen LogP contribution >= 0.6 is 11.6 Å². The number of fused-ring (bicyclic) bond motifs is 1. The van der Waals surface area contributed by atoms with E-state index < -0.39 is 0 Å². The molecule has 37 heavy (non-hydrogen) atoms. The molecule has 0 spiro atoms. The van der Waals surface area contributed by atoms with E-state index in [0.29, 0.717) is 28.6 Å². The first-order valence-corrected chi connectivity index (χ1v) is 13.4. The topological polar surface area (TPSA) is 81.0 Å². The predicted molar refractivity (Wildman–Crippen MR) is 145 cm³/mol. The first-order chi connectivity index (χ1) is 18.0.